The second-order valence-corrected chi connectivity index (χ2v) is 6.25. The van der Waals surface area contributed by atoms with Crippen LogP contribution in [0.25, 0.3) is 0 Å². The highest BCUT2D eigenvalue weighted by atomic mass is 79.9. The third-order valence-electron chi connectivity index (χ3n) is 3.76. The predicted molar refractivity (Wildman–Crippen MR) is 76.3 cm³/mol. The first-order chi connectivity index (χ1) is 9.58. The van der Waals surface area contributed by atoms with Crippen molar-refractivity contribution in [2.75, 3.05) is 19.7 Å². The summed E-state index contributed by atoms with van der Waals surface area (Å²) in [5.74, 6) is -0.453. The Morgan fingerprint density at radius 1 is 1.45 bits per heavy atom. The second kappa shape index (κ2) is 5.42. The lowest BCUT2D eigenvalue weighted by atomic mass is 10.0. The quantitative estimate of drug-likeness (QED) is 0.786. The average molecular weight is 341 g/mol. The molecule has 0 aromatic carbocycles. The van der Waals surface area contributed by atoms with E-state index in [0.717, 1.165) is 17.3 Å². The first-order valence-corrected chi connectivity index (χ1v) is 7.59. The molecule has 1 spiro atoms. The van der Waals surface area contributed by atoms with E-state index < -0.39 is 5.79 Å². The number of hydrogen-bond acceptors (Lipinski definition) is 4. The number of nitrogens with zero attached hydrogens (tertiary/aromatic N) is 2. The Balaban J connectivity index is 1.65. The van der Waals surface area contributed by atoms with Crippen molar-refractivity contribution < 1.29 is 14.3 Å². The molecule has 1 atom stereocenters. The Morgan fingerprint density at radius 2 is 2.20 bits per heavy atom. The molecule has 0 bridgehead atoms. The SMILES string of the molecule is C[C@H]1COC2(CCN(C(=O)c3cncc(Br)c3)CC2)O1. The van der Waals surface area contributed by atoms with E-state index in [4.69, 9.17) is 9.47 Å². The molecule has 2 saturated heterocycles. The summed E-state index contributed by atoms with van der Waals surface area (Å²) >= 11 is 3.34. The maximum Gasteiger partial charge on any atom is 0.255 e. The van der Waals surface area contributed by atoms with Crippen LogP contribution in [0.2, 0.25) is 0 Å². The van der Waals surface area contributed by atoms with Crippen LogP contribution in [0, 0.1) is 0 Å². The molecule has 5 nitrogen and oxygen atoms in total. The van der Waals surface area contributed by atoms with Gasteiger partial charge in [-0.25, -0.2) is 0 Å². The smallest absolute Gasteiger partial charge is 0.255 e. The van der Waals surface area contributed by atoms with Crippen LogP contribution < -0.4 is 0 Å². The van der Waals surface area contributed by atoms with Gasteiger partial charge in [0.25, 0.3) is 5.91 Å². The third kappa shape index (κ3) is 2.73. The zero-order valence-electron chi connectivity index (χ0n) is 11.3. The molecule has 0 unspecified atom stereocenters. The Hall–Kier alpha value is -0.980. The zero-order chi connectivity index (χ0) is 14.2. The highest BCUT2D eigenvalue weighted by molar-refractivity contribution is 9.10. The molecule has 2 aliphatic rings. The number of carbonyl (C=O) groups is 1. The molecule has 2 aliphatic heterocycles. The summed E-state index contributed by atoms with van der Waals surface area (Å²) in [5, 5.41) is 0. The van der Waals surface area contributed by atoms with E-state index in [0.29, 0.717) is 25.3 Å². The summed E-state index contributed by atoms with van der Waals surface area (Å²) in [5.41, 5.74) is 0.608. The lowest BCUT2D eigenvalue weighted by molar-refractivity contribution is -0.189. The molecular weight excluding hydrogens is 324 g/mol. The molecule has 0 radical (unpaired) electrons. The first kappa shape index (κ1) is 14.0. The third-order valence-corrected chi connectivity index (χ3v) is 4.20. The van der Waals surface area contributed by atoms with Crippen LogP contribution in [0.1, 0.15) is 30.1 Å². The van der Waals surface area contributed by atoms with Gasteiger partial charge >= 0.3 is 0 Å². The summed E-state index contributed by atoms with van der Waals surface area (Å²) < 4.78 is 12.4. The monoisotopic (exact) mass is 340 g/mol. The van der Waals surface area contributed by atoms with Gasteiger partial charge in [-0.1, -0.05) is 0 Å². The van der Waals surface area contributed by atoms with Crippen LogP contribution in [-0.2, 0) is 9.47 Å². The van der Waals surface area contributed by atoms with Gasteiger partial charge in [0.1, 0.15) is 0 Å². The Morgan fingerprint density at radius 3 is 2.80 bits per heavy atom. The van der Waals surface area contributed by atoms with Crippen LogP contribution in [0.3, 0.4) is 0 Å². The summed E-state index contributed by atoms with van der Waals surface area (Å²) in [6.45, 7) is 3.96. The number of likely N-dealkylation sites (tertiary alicyclic amines) is 1. The van der Waals surface area contributed by atoms with Gasteiger partial charge in [-0.05, 0) is 28.9 Å². The average Bonchev–Trinajstić information content (AvgIpc) is 2.80. The molecule has 3 rings (SSSR count). The van der Waals surface area contributed by atoms with E-state index in [1.165, 1.54) is 0 Å². The highest BCUT2D eigenvalue weighted by Crippen LogP contribution is 2.34. The van der Waals surface area contributed by atoms with Crippen molar-refractivity contribution in [1.29, 1.82) is 0 Å². The van der Waals surface area contributed by atoms with Crippen LogP contribution in [-0.4, -0.2) is 47.4 Å². The van der Waals surface area contributed by atoms with Gasteiger partial charge in [-0.3, -0.25) is 9.78 Å². The van der Waals surface area contributed by atoms with E-state index in [1.54, 1.807) is 18.5 Å². The van der Waals surface area contributed by atoms with Crippen molar-refractivity contribution in [2.24, 2.45) is 0 Å². The fourth-order valence-corrected chi connectivity index (χ4v) is 3.09. The Kier molecular flexibility index (Phi) is 3.79. The Bertz CT molecular complexity index is 515. The number of hydrogen-bond donors (Lipinski definition) is 0. The van der Waals surface area contributed by atoms with Crippen LogP contribution >= 0.6 is 15.9 Å². The molecule has 1 aromatic rings. The molecular formula is C14H17BrN2O3. The van der Waals surface area contributed by atoms with Crippen LogP contribution in [0.15, 0.2) is 22.9 Å². The summed E-state index contributed by atoms with van der Waals surface area (Å²) in [6, 6.07) is 1.80. The molecule has 2 fully saturated rings. The fraction of sp³-hybridized carbons (Fsp3) is 0.571. The summed E-state index contributed by atoms with van der Waals surface area (Å²) in [4.78, 5) is 18.3. The minimum absolute atomic E-state index is 0.0136. The van der Waals surface area contributed by atoms with E-state index in [9.17, 15) is 4.79 Å². The lowest BCUT2D eigenvalue weighted by Gasteiger charge is -2.37. The maximum absolute atomic E-state index is 12.4. The number of ether oxygens (including phenoxy) is 2. The summed E-state index contributed by atoms with van der Waals surface area (Å²) in [7, 11) is 0. The van der Waals surface area contributed by atoms with Gasteiger partial charge in [0.05, 0.1) is 18.3 Å². The van der Waals surface area contributed by atoms with E-state index in [-0.39, 0.29) is 12.0 Å². The van der Waals surface area contributed by atoms with Gasteiger partial charge < -0.3 is 14.4 Å². The van der Waals surface area contributed by atoms with E-state index >= 15 is 0 Å². The van der Waals surface area contributed by atoms with E-state index in [2.05, 4.69) is 20.9 Å². The van der Waals surface area contributed by atoms with E-state index in [1.807, 2.05) is 11.8 Å². The van der Waals surface area contributed by atoms with Crippen molar-refractivity contribution in [3.05, 3.63) is 28.5 Å². The maximum atomic E-state index is 12.4. The number of halogens is 1. The number of carbonyl (C=O) groups excluding carboxylic acids is 1. The molecule has 0 saturated carbocycles. The predicted octanol–water partition coefficient (Wildman–Crippen LogP) is 2.21. The molecule has 1 amide bonds. The van der Waals surface area contributed by atoms with Gasteiger partial charge in [-0.2, -0.15) is 0 Å². The molecule has 20 heavy (non-hydrogen) atoms. The first-order valence-electron chi connectivity index (χ1n) is 6.80. The van der Waals surface area contributed by atoms with Crippen molar-refractivity contribution >= 4 is 21.8 Å². The van der Waals surface area contributed by atoms with Gasteiger partial charge in [-0.15, -0.1) is 0 Å². The van der Waals surface area contributed by atoms with Gasteiger partial charge in [0, 0.05) is 42.8 Å². The molecule has 108 valence electrons. The van der Waals surface area contributed by atoms with Crippen molar-refractivity contribution in [2.45, 2.75) is 31.7 Å². The molecule has 3 heterocycles. The summed E-state index contributed by atoms with van der Waals surface area (Å²) in [6.07, 6.45) is 4.87. The standard InChI is InChI=1S/C14H17BrN2O3/c1-10-9-19-14(20-10)2-4-17(5-3-14)13(18)11-6-12(15)8-16-7-11/h6-8,10H,2-5,9H2,1H3/t10-/m0/s1. The van der Waals surface area contributed by atoms with Crippen molar-refractivity contribution in [3.63, 3.8) is 0 Å². The number of rotatable bonds is 1. The number of aromatic nitrogens is 1. The number of pyridine rings is 1. The molecule has 0 N–H and O–H groups in total. The van der Waals surface area contributed by atoms with Crippen LogP contribution in [0.4, 0.5) is 0 Å². The molecule has 0 aliphatic carbocycles. The topological polar surface area (TPSA) is 51.7 Å². The molecule has 1 aromatic heterocycles. The second-order valence-electron chi connectivity index (χ2n) is 5.33. The highest BCUT2D eigenvalue weighted by Gasteiger charge is 2.43. The number of piperidine rings is 1. The number of amides is 1. The van der Waals surface area contributed by atoms with Crippen molar-refractivity contribution in [1.82, 2.24) is 9.88 Å². The Labute approximate surface area is 126 Å². The largest absolute Gasteiger partial charge is 0.347 e. The van der Waals surface area contributed by atoms with Crippen LogP contribution in [0.5, 0.6) is 0 Å². The normalized spacial score (nSPS) is 25.1. The van der Waals surface area contributed by atoms with Gasteiger partial charge in [0.2, 0.25) is 0 Å². The lowest BCUT2D eigenvalue weighted by Crippen LogP contribution is -2.47. The fourth-order valence-electron chi connectivity index (χ4n) is 2.73. The van der Waals surface area contributed by atoms with Crippen molar-refractivity contribution in [3.8, 4) is 0 Å². The minimum Gasteiger partial charge on any atom is -0.347 e. The van der Waals surface area contributed by atoms with Gasteiger partial charge in [0.15, 0.2) is 5.79 Å². The molecule has 6 heteroatoms. The minimum atomic E-state index is -0.467. The zero-order valence-corrected chi connectivity index (χ0v) is 12.9.